The number of nitrogens with one attached hydrogen (secondary N) is 1. The fraction of sp³-hybridized carbons (Fsp3) is 0.231. The first-order valence-corrected chi connectivity index (χ1v) is 5.59. The van der Waals surface area contributed by atoms with E-state index in [2.05, 4.69) is 15.3 Å². The zero-order chi connectivity index (χ0) is 13.0. The lowest BCUT2D eigenvalue weighted by molar-refractivity contribution is 0.0941. The maximum atomic E-state index is 11.9. The summed E-state index contributed by atoms with van der Waals surface area (Å²) >= 11 is 0. The van der Waals surface area contributed by atoms with E-state index < -0.39 is 0 Å². The smallest absolute Gasteiger partial charge is 0.251 e. The molecule has 0 bridgehead atoms. The number of benzene rings is 1. The Bertz CT molecular complexity index is 618. The number of nitriles is 1. The van der Waals surface area contributed by atoms with Gasteiger partial charge in [-0.15, -0.1) is 0 Å². The first-order chi connectivity index (χ1) is 8.70. The number of aromatic nitrogens is 2. The van der Waals surface area contributed by atoms with E-state index in [4.69, 9.17) is 5.26 Å². The molecule has 0 saturated heterocycles. The number of carbonyl (C=O) groups excluding carboxylic acids is 1. The van der Waals surface area contributed by atoms with E-state index in [1.165, 1.54) is 0 Å². The standard InChI is InChI=1S/C13H12N4O/c1-9(4-5-14)17-13(18)10-2-3-11-12(8-10)16-7-6-15-11/h2-3,6-9H,4H2,1H3,(H,17,18). The maximum absolute atomic E-state index is 11.9. The summed E-state index contributed by atoms with van der Waals surface area (Å²) < 4.78 is 0. The highest BCUT2D eigenvalue weighted by atomic mass is 16.1. The molecule has 2 rings (SSSR count). The minimum Gasteiger partial charge on any atom is -0.349 e. The Kier molecular flexibility index (Phi) is 3.49. The van der Waals surface area contributed by atoms with Crippen LogP contribution in [0.1, 0.15) is 23.7 Å². The van der Waals surface area contributed by atoms with Gasteiger partial charge in [0.1, 0.15) is 0 Å². The molecule has 1 amide bonds. The minimum atomic E-state index is -0.203. The van der Waals surface area contributed by atoms with E-state index in [1.54, 1.807) is 37.5 Å². The zero-order valence-electron chi connectivity index (χ0n) is 9.92. The third kappa shape index (κ3) is 2.61. The van der Waals surface area contributed by atoms with Gasteiger partial charge in [0.15, 0.2) is 0 Å². The number of hydrogen-bond donors (Lipinski definition) is 1. The molecular weight excluding hydrogens is 228 g/mol. The molecular formula is C13H12N4O. The lowest BCUT2D eigenvalue weighted by Gasteiger charge is -2.10. The van der Waals surface area contributed by atoms with E-state index in [-0.39, 0.29) is 11.9 Å². The average molecular weight is 240 g/mol. The van der Waals surface area contributed by atoms with Crippen molar-refractivity contribution in [3.8, 4) is 6.07 Å². The van der Waals surface area contributed by atoms with Crippen molar-refractivity contribution in [3.63, 3.8) is 0 Å². The van der Waals surface area contributed by atoms with Crippen molar-refractivity contribution in [3.05, 3.63) is 36.2 Å². The molecule has 0 saturated carbocycles. The first kappa shape index (κ1) is 12.0. The van der Waals surface area contributed by atoms with Gasteiger partial charge in [0, 0.05) is 24.0 Å². The molecule has 0 aliphatic carbocycles. The lowest BCUT2D eigenvalue weighted by atomic mass is 10.1. The van der Waals surface area contributed by atoms with Crippen LogP contribution >= 0.6 is 0 Å². The van der Waals surface area contributed by atoms with Crippen molar-refractivity contribution in [2.45, 2.75) is 19.4 Å². The van der Waals surface area contributed by atoms with Gasteiger partial charge in [0.05, 0.1) is 23.5 Å². The summed E-state index contributed by atoms with van der Waals surface area (Å²) in [5, 5.41) is 11.3. The Hall–Kier alpha value is -2.48. The second-order valence-electron chi connectivity index (χ2n) is 4.00. The third-order valence-electron chi connectivity index (χ3n) is 2.51. The average Bonchev–Trinajstić information content (AvgIpc) is 2.38. The zero-order valence-corrected chi connectivity index (χ0v) is 9.92. The number of hydrogen-bond acceptors (Lipinski definition) is 4. The summed E-state index contributed by atoms with van der Waals surface area (Å²) in [6.07, 6.45) is 3.48. The predicted octanol–water partition coefficient (Wildman–Crippen LogP) is 1.66. The Morgan fingerprint density at radius 1 is 1.39 bits per heavy atom. The van der Waals surface area contributed by atoms with E-state index in [0.717, 1.165) is 5.52 Å². The normalized spacial score (nSPS) is 11.8. The summed E-state index contributed by atoms with van der Waals surface area (Å²) in [4.78, 5) is 20.2. The van der Waals surface area contributed by atoms with Gasteiger partial charge in [0.25, 0.3) is 5.91 Å². The molecule has 5 nitrogen and oxygen atoms in total. The molecule has 1 N–H and O–H groups in total. The molecule has 0 fully saturated rings. The largest absolute Gasteiger partial charge is 0.349 e. The van der Waals surface area contributed by atoms with Crippen LogP contribution in [0.15, 0.2) is 30.6 Å². The maximum Gasteiger partial charge on any atom is 0.251 e. The van der Waals surface area contributed by atoms with E-state index in [9.17, 15) is 4.79 Å². The fourth-order valence-electron chi connectivity index (χ4n) is 1.60. The summed E-state index contributed by atoms with van der Waals surface area (Å²) in [6, 6.07) is 7.00. The molecule has 1 heterocycles. The van der Waals surface area contributed by atoms with Gasteiger partial charge in [0.2, 0.25) is 0 Å². The molecule has 1 aromatic carbocycles. The molecule has 18 heavy (non-hydrogen) atoms. The van der Waals surface area contributed by atoms with Crippen LogP contribution in [0, 0.1) is 11.3 Å². The Balaban J connectivity index is 2.21. The predicted molar refractivity (Wildman–Crippen MR) is 66.7 cm³/mol. The highest BCUT2D eigenvalue weighted by Gasteiger charge is 2.10. The number of rotatable bonds is 3. The molecule has 0 spiro atoms. The van der Waals surface area contributed by atoms with Crippen molar-refractivity contribution in [1.29, 1.82) is 5.26 Å². The van der Waals surface area contributed by atoms with E-state index in [1.807, 2.05) is 6.07 Å². The van der Waals surface area contributed by atoms with Crippen molar-refractivity contribution in [1.82, 2.24) is 15.3 Å². The second-order valence-corrected chi connectivity index (χ2v) is 4.00. The Labute approximate surface area is 104 Å². The van der Waals surface area contributed by atoms with Gasteiger partial charge >= 0.3 is 0 Å². The number of carbonyl (C=O) groups is 1. The summed E-state index contributed by atoms with van der Waals surface area (Å²) in [5.74, 6) is -0.203. The van der Waals surface area contributed by atoms with Gasteiger partial charge in [-0.2, -0.15) is 5.26 Å². The first-order valence-electron chi connectivity index (χ1n) is 5.59. The summed E-state index contributed by atoms with van der Waals surface area (Å²) in [5.41, 5.74) is 1.95. The molecule has 2 aromatic rings. The van der Waals surface area contributed by atoms with Crippen molar-refractivity contribution < 1.29 is 4.79 Å². The molecule has 90 valence electrons. The minimum absolute atomic E-state index is 0.167. The van der Waals surface area contributed by atoms with Gasteiger partial charge < -0.3 is 5.32 Å². The van der Waals surface area contributed by atoms with Gasteiger partial charge in [-0.25, -0.2) is 0 Å². The third-order valence-corrected chi connectivity index (χ3v) is 2.51. The summed E-state index contributed by atoms with van der Waals surface area (Å²) in [6.45, 7) is 1.79. The highest BCUT2D eigenvalue weighted by molar-refractivity contribution is 5.97. The van der Waals surface area contributed by atoms with Gasteiger partial charge in [-0.1, -0.05) is 0 Å². The topological polar surface area (TPSA) is 78.7 Å². The van der Waals surface area contributed by atoms with Gasteiger partial charge in [-0.3, -0.25) is 14.8 Å². The number of amides is 1. The van der Waals surface area contributed by atoms with Crippen LogP contribution in [0.4, 0.5) is 0 Å². The number of nitrogens with zero attached hydrogens (tertiary/aromatic N) is 3. The van der Waals surface area contributed by atoms with Crippen LogP contribution in [-0.2, 0) is 0 Å². The second kappa shape index (κ2) is 5.23. The van der Waals surface area contributed by atoms with Crippen molar-refractivity contribution >= 4 is 16.9 Å². The Morgan fingerprint density at radius 2 is 2.11 bits per heavy atom. The molecule has 0 aliphatic rings. The molecule has 5 heteroatoms. The highest BCUT2D eigenvalue weighted by Crippen LogP contribution is 2.11. The van der Waals surface area contributed by atoms with E-state index in [0.29, 0.717) is 17.5 Å². The number of fused-ring (bicyclic) bond motifs is 1. The van der Waals surface area contributed by atoms with Crippen molar-refractivity contribution in [2.75, 3.05) is 0 Å². The molecule has 1 aromatic heterocycles. The van der Waals surface area contributed by atoms with Crippen LogP contribution < -0.4 is 5.32 Å². The molecule has 0 aliphatic heterocycles. The van der Waals surface area contributed by atoms with E-state index >= 15 is 0 Å². The van der Waals surface area contributed by atoms with Crippen LogP contribution in [0.2, 0.25) is 0 Å². The van der Waals surface area contributed by atoms with Crippen LogP contribution in [0.3, 0.4) is 0 Å². The van der Waals surface area contributed by atoms with Crippen LogP contribution in [-0.4, -0.2) is 21.9 Å². The van der Waals surface area contributed by atoms with Crippen LogP contribution in [0.25, 0.3) is 11.0 Å². The van der Waals surface area contributed by atoms with Gasteiger partial charge in [-0.05, 0) is 25.1 Å². The van der Waals surface area contributed by atoms with Crippen LogP contribution in [0.5, 0.6) is 0 Å². The molecule has 1 atom stereocenters. The quantitative estimate of drug-likeness (QED) is 0.884. The lowest BCUT2D eigenvalue weighted by Crippen LogP contribution is -2.32. The monoisotopic (exact) mass is 240 g/mol. The van der Waals surface area contributed by atoms with Crippen molar-refractivity contribution in [2.24, 2.45) is 0 Å². The Morgan fingerprint density at radius 3 is 2.83 bits per heavy atom. The summed E-state index contributed by atoms with van der Waals surface area (Å²) in [7, 11) is 0. The SMILES string of the molecule is CC(CC#N)NC(=O)c1ccc2nccnc2c1. The molecule has 0 radical (unpaired) electrons. The fourth-order valence-corrected chi connectivity index (χ4v) is 1.60. The molecule has 1 unspecified atom stereocenters.